The van der Waals surface area contributed by atoms with Crippen molar-refractivity contribution >= 4 is 11.8 Å². The first kappa shape index (κ1) is 26.0. The van der Waals surface area contributed by atoms with Gasteiger partial charge in [0.2, 0.25) is 11.8 Å². The largest absolute Gasteiger partial charge is 0.493 e. The molecule has 188 valence electrons. The summed E-state index contributed by atoms with van der Waals surface area (Å²) in [5.41, 5.74) is 1.50. The van der Waals surface area contributed by atoms with Gasteiger partial charge in [-0.2, -0.15) is 0 Å². The van der Waals surface area contributed by atoms with Gasteiger partial charge in [0.1, 0.15) is 12.2 Å². The van der Waals surface area contributed by atoms with Crippen molar-refractivity contribution in [3.63, 3.8) is 0 Å². The fourth-order valence-electron chi connectivity index (χ4n) is 4.61. The van der Waals surface area contributed by atoms with Crippen molar-refractivity contribution in [3.8, 4) is 11.5 Å². The van der Waals surface area contributed by atoms with E-state index in [1.807, 2.05) is 6.92 Å². The molecule has 4 unspecified atom stereocenters. The monoisotopic (exact) mass is 478 g/mol. The number of nitrogens with zero attached hydrogens (tertiary/aromatic N) is 1. The molecule has 4 N–H and O–H groups in total. The summed E-state index contributed by atoms with van der Waals surface area (Å²) in [6.45, 7) is 1.98. The van der Waals surface area contributed by atoms with E-state index in [2.05, 4.69) is 5.32 Å². The van der Waals surface area contributed by atoms with Gasteiger partial charge in [-0.25, -0.2) is 0 Å². The van der Waals surface area contributed by atoms with E-state index in [0.717, 1.165) is 0 Å². The first-order valence-corrected chi connectivity index (χ1v) is 11.5. The molecule has 0 saturated heterocycles. The number of fused-ring (bicyclic) bond motifs is 3. The third kappa shape index (κ3) is 5.05. The number of aliphatic hydroxyl groups excluding tert-OH is 3. The van der Waals surface area contributed by atoms with Crippen LogP contribution in [0.3, 0.4) is 0 Å². The van der Waals surface area contributed by atoms with E-state index < -0.39 is 30.1 Å². The summed E-state index contributed by atoms with van der Waals surface area (Å²) in [7, 11) is 3.00. The molecule has 0 aromatic heterocycles. The van der Waals surface area contributed by atoms with Gasteiger partial charge in [-0.1, -0.05) is 6.92 Å². The standard InChI is InChI=1S/C24H34N2O8/c1-4-5-19(29)26(7-9-32-2)17-12-16(24(31)25-6-8-27)20-15-10-14(13-28)11-18(33-3)22(15)34-23(20)21(17)30/h10-12,17,20-21,23,27-28,30H,4-9,13H2,1-3H3,(H,25,31). The molecule has 1 aliphatic heterocycles. The lowest BCUT2D eigenvalue weighted by molar-refractivity contribution is -0.138. The van der Waals surface area contributed by atoms with E-state index in [1.54, 1.807) is 18.2 Å². The molecule has 0 spiro atoms. The summed E-state index contributed by atoms with van der Waals surface area (Å²) in [5, 5.41) is 33.0. The smallest absolute Gasteiger partial charge is 0.247 e. The Morgan fingerprint density at radius 1 is 1.24 bits per heavy atom. The summed E-state index contributed by atoms with van der Waals surface area (Å²) in [4.78, 5) is 27.6. The Hall–Kier alpha value is -2.66. The zero-order valence-electron chi connectivity index (χ0n) is 19.8. The SMILES string of the molecule is CCCC(=O)N(CCOC)C1C=C(C(=O)NCCO)C2c3cc(CO)cc(OC)c3OC2C1O. The normalized spacial score (nSPS) is 22.8. The summed E-state index contributed by atoms with van der Waals surface area (Å²) < 4.78 is 16.8. The van der Waals surface area contributed by atoms with Gasteiger partial charge in [0, 0.05) is 37.8 Å². The van der Waals surface area contributed by atoms with Crippen molar-refractivity contribution in [2.75, 3.05) is 40.5 Å². The van der Waals surface area contributed by atoms with Crippen LogP contribution in [0.4, 0.5) is 0 Å². The van der Waals surface area contributed by atoms with Crippen LogP contribution in [0.5, 0.6) is 11.5 Å². The number of benzene rings is 1. The van der Waals surface area contributed by atoms with Crippen LogP contribution in [-0.2, 0) is 20.9 Å². The van der Waals surface area contributed by atoms with Crippen LogP contribution in [0.15, 0.2) is 23.8 Å². The van der Waals surface area contributed by atoms with E-state index >= 15 is 0 Å². The minimum atomic E-state index is -1.13. The van der Waals surface area contributed by atoms with E-state index in [0.29, 0.717) is 34.6 Å². The Bertz CT molecular complexity index is 918. The average molecular weight is 479 g/mol. The van der Waals surface area contributed by atoms with Crippen LogP contribution < -0.4 is 14.8 Å². The number of methoxy groups -OCH3 is 2. The number of amides is 2. The fraction of sp³-hybridized carbons (Fsp3) is 0.583. The molecule has 10 nitrogen and oxygen atoms in total. The van der Waals surface area contributed by atoms with Gasteiger partial charge in [-0.15, -0.1) is 0 Å². The predicted molar refractivity (Wildman–Crippen MR) is 123 cm³/mol. The Labute approximate surface area is 199 Å². The molecule has 4 atom stereocenters. The maximum atomic E-state index is 13.2. The number of aliphatic hydroxyl groups is 3. The minimum absolute atomic E-state index is 0.0522. The van der Waals surface area contributed by atoms with E-state index in [4.69, 9.17) is 14.2 Å². The molecule has 3 rings (SSSR count). The molecule has 0 radical (unpaired) electrons. The van der Waals surface area contributed by atoms with Crippen molar-refractivity contribution < 1.29 is 39.1 Å². The van der Waals surface area contributed by atoms with E-state index in [-0.39, 0.29) is 45.2 Å². The summed E-state index contributed by atoms with van der Waals surface area (Å²) >= 11 is 0. The fourth-order valence-corrected chi connectivity index (χ4v) is 4.61. The second kappa shape index (κ2) is 11.7. The minimum Gasteiger partial charge on any atom is -0.493 e. The second-order valence-electron chi connectivity index (χ2n) is 8.35. The Morgan fingerprint density at radius 3 is 2.62 bits per heavy atom. The summed E-state index contributed by atoms with van der Waals surface area (Å²) in [6, 6.07) is 2.56. The van der Waals surface area contributed by atoms with Crippen LogP contribution >= 0.6 is 0 Å². The molecule has 0 saturated carbocycles. The Morgan fingerprint density at radius 2 is 2.00 bits per heavy atom. The second-order valence-corrected chi connectivity index (χ2v) is 8.35. The van der Waals surface area contributed by atoms with Crippen molar-refractivity contribution in [1.29, 1.82) is 0 Å². The maximum absolute atomic E-state index is 13.2. The highest BCUT2D eigenvalue weighted by atomic mass is 16.5. The first-order chi connectivity index (χ1) is 16.4. The lowest BCUT2D eigenvalue weighted by Crippen LogP contribution is -2.56. The molecule has 1 heterocycles. The lowest BCUT2D eigenvalue weighted by atomic mass is 9.77. The average Bonchev–Trinajstić information content (AvgIpc) is 3.23. The lowest BCUT2D eigenvalue weighted by Gasteiger charge is -2.40. The molecular weight excluding hydrogens is 444 g/mol. The van der Waals surface area contributed by atoms with Crippen molar-refractivity contribution in [3.05, 3.63) is 34.9 Å². The van der Waals surface area contributed by atoms with Crippen LogP contribution in [0.1, 0.15) is 36.8 Å². The van der Waals surface area contributed by atoms with Crippen LogP contribution in [0, 0.1) is 0 Å². The number of carbonyl (C=O) groups is 2. The molecule has 1 aromatic carbocycles. The highest BCUT2D eigenvalue weighted by Crippen LogP contribution is 2.51. The summed E-state index contributed by atoms with van der Waals surface area (Å²) in [5.74, 6) is -0.470. The highest BCUT2D eigenvalue weighted by molar-refractivity contribution is 5.96. The molecule has 2 aliphatic rings. The summed E-state index contributed by atoms with van der Waals surface area (Å²) in [6.07, 6.45) is 0.538. The molecular formula is C24H34N2O8. The molecule has 34 heavy (non-hydrogen) atoms. The zero-order valence-corrected chi connectivity index (χ0v) is 19.8. The number of ether oxygens (including phenoxy) is 3. The van der Waals surface area contributed by atoms with Gasteiger partial charge in [0.25, 0.3) is 0 Å². The van der Waals surface area contributed by atoms with E-state index in [1.165, 1.54) is 19.1 Å². The number of carbonyl (C=O) groups excluding carboxylic acids is 2. The molecule has 2 amide bonds. The third-order valence-electron chi connectivity index (χ3n) is 6.18. The highest BCUT2D eigenvalue weighted by Gasteiger charge is 2.51. The topological polar surface area (TPSA) is 138 Å². The van der Waals surface area contributed by atoms with Gasteiger partial charge in [-0.05, 0) is 30.2 Å². The first-order valence-electron chi connectivity index (χ1n) is 11.5. The number of rotatable bonds is 11. The maximum Gasteiger partial charge on any atom is 0.247 e. The molecule has 1 aromatic rings. The van der Waals surface area contributed by atoms with Crippen molar-refractivity contribution in [2.45, 2.75) is 50.5 Å². The molecule has 1 aliphatic carbocycles. The number of nitrogens with one attached hydrogen (secondary N) is 1. The Kier molecular flexibility index (Phi) is 8.90. The van der Waals surface area contributed by atoms with Gasteiger partial charge >= 0.3 is 0 Å². The predicted octanol–water partition coefficient (Wildman–Crippen LogP) is 0.0852. The van der Waals surface area contributed by atoms with Crippen molar-refractivity contribution in [2.24, 2.45) is 0 Å². The molecule has 10 heteroatoms. The van der Waals surface area contributed by atoms with Crippen LogP contribution in [0.25, 0.3) is 0 Å². The van der Waals surface area contributed by atoms with Crippen molar-refractivity contribution in [1.82, 2.24) is 10.2 Å². The quantitative estimate of drug-likeness (QED) is 0.351. The van der Waals surface area contributed by atoms with Gasteiger partial charge in [-0.3, -0.25) is 9.59 Å². The third-order valence-corrected chi connectivity index (χ3v) is 6.18. The van der Waals surface area contributed by atoms with Gasteiger partial charge in [0.05, 0.1) is 38.9 Å². The van der Waals surface area contributed by atoms with Crippen LogP contribution in [-0.4, -0.2) is 90.8 Å². The number of hydrogen-bond donors (Lipinski definition) is 4. The molecule has 0 bridgehead atoms. The van der Waals surface area contributed by atoms with Gasteiger partial charge in [0.15, 0.2) is 11.5 Å². The van der Waals surface area contributed by atoms with E-state index in [9.17, 15) is 24.9 Å². The zero-order chi connectivity index (χ0) is 24.8. The molecule has 0 fully saturated rings. The number of hydrogen-bond acceptors (Lipinski definition) is 8. The Balaban J connectivity index is 2.11. The van der Waals surface area contributed by atoms with Crippen LogP contribution in [0.2, 0.25) is 0 Å². The van der Waals surface area contributed by atoms with Gasteiger partial charge < -0.3 is 39.7 Å².